The Morgan fingerprint density at radius 2 is 1.80 bits per heavy atom. The standard InChI is InChI=1S/C32H35N5O5S2/c1-20(38)36-15-5-8-24(16-36)30-37(32(41)42-17-21-6-3-2-4-7-21)27(19-43-30)29(40)35-31-34-26(18-44-31)22-9-11-23(12-10-22)28(39)33-25-13-14-25/h2-4,6-7,9-12,18,24-25,27,30H,5,8,13-17,19H2,1H3,(H,33,39)(H,34,35,40)/t24?,27-,30?/m0/s1. The van der Waals surface area contributed by atoms with E-state index in [2.05, 4.69) is 15.6 Å². The number of carbonyl (C=O) groups excluding carboxylic acids is 4. The van der Waals surface area contributed by atoms with Gasteiger partial charge in [-0.3, -0.25) is 19.3 Å². The number of carbonyl (C=O) groups is 4. The van der Waals surface area contributed by atoms with E-state index in [0.29, 0.717) is 41.3 Å². The average molecular weight is 634 g/mol. The molecule has 2 saturated heterocycles. The van der Waals surface area contributed by atoms with E-state index < -0.39 is 12.1 Å². The van der Waals surface area contributed by atoms with Crippen molar-refractivity contribution in [2.75, 3.05) is 24.2 Å². The van der Waals surface area contributed by atoms with Crippen LogP contribution in [0.15, 0.2) is 60.0 Å². The molecule has 3 atom stereocenters. The molecular formula is C32H35N5O5S2. The summed E-state index contributed by atoms with van der Waals surface area (Å²) in [6.07, 6.45) is 3.22. The molecular weight excluding hydrogens is 599 g/mol. The highest BCUT2D eigenvalue weighted by Gasteiger charge is 2.47. The van der Waals surface area contributed by atoms with Crippen LogP contribution in [0.5, 0.6) is 0 Å². The van der Waals surface area contributed by atoms with Crippen molar-refractivity contribution in [1.82, 2.24) is 20.1 Å². The topological polar surface area (TPSA) is 121 Å². The van der Waals surface area contributed by atoms with Crippen LogP contribution in [0.2, 0.25) is 0 Å². The van der Waals surface area contributed by atoms with Crippen LogP contribution < -0.4 is 10.6 Å². The number of anilines is 1. The molecule has 1 aliphatic carbocycles. The van der Waals surface area contributed by atoms with Crippen molar-refractivity contribution in [2.24, 2.45) is 5.92 Å². The van der Waals surface area contributed by atoms with Gasteiger partial charge in [0, 0.05) is 54.2 Å². The largest absolute Gasteiger partial charge is 0.445 e. The molecule has 2 aromatic carbocycles. The van der Waals surface area contributed by atoms with Crippen LogP contribution in [-0.4, -0.2) is 74.9 Å². The number of hydrogen-bond acceptors (Lipinski definition) is 8. The fourth-order valence-corrected chi connectivity index (χ4v) is 7.89. The Bertz CT molecular complexity index is 1510. The molecule has 4 amide bonds. The molecule has 1 aromatic heterocycles. The fraction of sp³-hybridized carbons (Fsp3) is 0.406. The number of benzene rings is 2. The second kappa shape index (κ2) is 13.4. The minimum absolute atomic E-state index is 0.0148. The highest BCUT2D eigenvalue weighted by atomic mass is 32.2. The van der Waals surface area contributed by atoms with E-state index in [1.165, 1.54) is 11.3 Å². The Kier molecular flexibility index (Phi) is 9.17. The minimum Gasteiger partial charge on any atom is -0.445 e. The van der Waals surface area contributed by atoms with E-state index in [1.807, 2.05) is 52.7 Å². The van der Waals surface area contributed by atoms with Gasteiger partial charge in [0.1, 0.15) is 12.6 Å². The summed E-state index contributed by atoms with van der Waals surface area (Å²) in [6.45, 7) is 2.91. The van der Waals surface area contributed by atoms with Crippen molar-refractivity contribution < 1.29 is 23.9 Å². The van der Waals surface area contributed by atoms with Gasteiger partial charge in [0.2, 0.25) is 11.8 Å². The summed E-state index contributed by atoms with van der Waals surface area (Å²) in [4.78, 5) is 59.7. The third-order valence-corrected chi connectivity index (χ3v) is 10.4. The maximum absolute atomic E-state index is 13.6. The first kappa shape index (κ1) is 30.1. The van der Waals surface area contributed by atoms with E-state index in [0.717, 1.165) is 36.8 Å². The zero-order valence-corrected chi connectivity index (χ0v) is 26.1. The summed E-state index contributed by atoms with van der Waals surface area (Å²) in [6, 6.07) is 16.2. The molecule has 2 unspecified atom stereocenters. The lowest BCUT2D eigenvalue weighted by Gasteiger charge is -2.38. The quantitative estimate of drug-likeness (QED) is 0.359. The van der Waals surface area contributed by atoms with Crippen LogP contribution in [0, 0.1) is 5.92 Å². The predicted molar refractivity (Wildman–Crippen MR) is 170 cm³/mol. The molecule has 0 radical (unpaired) electrons. The summed E-state index contributed by atoms with van der Waals surface area (Å²) < 4.78 is 5.72. The molecule has 3 heterocycles. The number of rotatable bonds is 8. The molecule has 3 aromatic rings. The predicted octanol–water partition coefficient (Wildman–Crippen LogP) is 4.98. The van der Waals surface area contributed by atoms with Gasteiger partial charge in [0.15, 0.2) is 5.13 Å². The van der Waals surface area contributed by atoms with Crippen molar-refractivity contribution in [3.63, 3.8) is 0 Å². The molecule has 3 aliphatic rings. The number of likely N-dealkylation sites (tertiary alicyclic amines) is 1. The number of nitrogens with one attached hydrogen (secondary N) is 2. The highest BCUT2D eigenvalue weighted by Crippen LogP contribution is 2.39. The van der Waals surface area contributed by atoms with Gasteiger partial charge in [-0.05, 0) is 43.4 Å². The summed E-state index contributed by atoms with van der Waals surface area (Å²) in [5, 5.41) is 7.89. The van der Waals surface area contributed by atoms with Crippen LogP contribution in [0.1, 0.15) is 48.5 Å². The Labute approximate surface area is 264 Å². The Balaban J connectivity index is 1.14. The molecule has 0 bridgehead atoms. The third-order valence-electron chi connectivity index (χ3n) is 8.15. The van der Waals surface area contributed by atoms with Gasteiger partial charge in [-0.1, -0.05) is 42.5 Å². The highest BCUT2D eigenvalue weighted by molar-refractivity contribution is 8.00. The van der Waals surface area contributed by atoms with Gasteiger partial charge < -0.3 is 20.3 Å². The van der Waals surface area contributed by atoms with Crippen LogP contribution in [0.3, 0.4) is 0 Å². The van der Waals surface area contributed by atoms with Gasteiger partial charge in [-0.15, -0.1) is 23.1 Å². The maximum atomic E-state index is 13.6. The zero-order chi connectivity index (χ0) is 30.6. The number of nitrogens with zero attached hydrogens (tertiary/aromatic N) is 3. The van der Waals surface area contributed by atoms with E-state index in [4.69, 9.17) is 4.74 Å². The second-order valence-electron chi connectivity index (χ2n) is 11.4. The summed E-state index contributed by atoms with van der Waals surface area (Å²) in [5.74, 6) is 0.0493. The van der Waals surface area contributed by atoms with Crippen LogP contribution >= 0.6 is 23.1 Å². The number of hydrogen-bond donors (Lipinski definition) is 2. The summed E-state index contributed by atoms with van der Waals surface area (Å²) in [5.41, 5.74) is 2.97. The van der Waals surface area contributed by atoms with Gasteiger partial charge >= 0.3 is 6.09 Å². The third kappa shape index (κ3) is 7.07. The SMILES string of the molecule is CC(=O)N1CCCC(C2SC[C@@H](C(=O)Nc3nc(-c4ccc(C(=O)NC5CC5)cc4)cs3)N2C(=O)OCc2ccccc2)C1. The first-order valence-corrected chi connectivity index (χ1v) is 16.8. The van der Waals surface area contributed by atoms with Gasteiger partial charge in [-0.25, -0.2) is 9.78 Å². The molecule has 0 spiro atoms. The first-order chi connectivity index (χ1) is 21.4. The van der Waals surface area contributed by atoms with Crippen LogP contribution in [0.4, 0.5) is 9.93 Å². The average Bonchev–Trinajstić information content (AvgIpc) is 3.54. The maximum Gasteiger partial charge on any atom is 0.411 e. The lowest BCUT2D eigenvalue weighted by atomic mass is 9.96. The summed E-state index contributed by atoms with van der Waals surface area (Å²) in [7, 11) is 0. The van der Waals surface area contributed by atoms with Crippen molar-refractivity contribution in [1.29, 1.82) is 0 Å². The molecule has 2 aliphatic heterocycles. The summed E-state index contributed by atoms with van der Waals surface area (Å²) >= 11 is 2.86. The monoisotopic (exact) mass is 633 g/mol. The van der Waals surface area contributed by atoms with Crippen molar-refractivity contribution in [3.05, 3.63) is 71.1 Å². The van der Waals surface area contributed by atoms with Crippen molar-refractivity contribution >= 4 is 52.0 Å². The molecule has 10 nitrogen and oxygen atoms in total. The number of aromatic nitrogens is 1. The van der Waals surface area contributed by atoms with Gasteiger partial charge in [-0.2, -0.15) is 0 Å². The molecule has 1 saturated carbocycles. The molecule has 3 fully saturated rings. The second-order valence-corrected chi connectivity index (χ2v) is 13.4. The Hall–Kier alpha value is -3.90. The normalized spacial score (nSPS) is 21.5. The molecule has 12 heteroatoms. The number of thiazole rings is 1. The Morgan fingerprint density at radius 1 is 1.02 bits per heavy atom. The van der Waals surface area contributed by atoms with E-state index in [9.17, 15) is 19.2 Å². The fourth-order valence-electron chi connectivity index (χ4n) is 5.59. The number of piperidine rings is 1. The molecule has 6 rings (SSSR count). The van der Waals surface area contributed by atoms with Gasteiger partial charge in [0.25, 0.3) is 5.91 Å². The zero-order valence-electron chi connectivity index (χ0n) is 24.4. The Morgan fingerprint density at radius 3 is 2.52 bits per heavy atom. The van der Waals surface area contributed by atoms with E-state index >= 15 is 0 Å². The van der Waals surface area contributed by atoms with Crippen molar-refractivity contribution in [3.8, 4) is 11.3 Å². The molecule has 44 heavy (non-hydrogen) atoms. The number of thioether (sulfide) groups is 1. The lowest BCUT2D eigenvalue weighted by molar-refractivity contribution is -0.131. The van der Waals surface area contributed by atoms with E-state index in [-0.39, 0.29) is 35.6 Å². The van der Waals surface area contributed by atoms with Gasteiger partial charge in [0.05, 0.1) is 11.1 Å². The minimum atomic E-state index is -0.752. The molecule has 2 N–H and O–H groups in total. The van der Waals surface area contributed by atoms with E-state index in [1.54, 1.807) is 35.7 Å². The molecule has 230 valence electrons. The van der Waals surface area contributed by atoms with Crippen LogP contribution in [-0.2, 0) is 20.9 Å². The van der Waals surface area contributed by atoms with Crippen LogP contribution in [0.25, 0.3) is 11.3 Å². The lowest BCUT2D eigenvalue weighted by Crippen LogP contribution is -2.52. The number of amides is 4. The first-order valence-electron chi connectivity index (χ1n) is 14.9. The number of ether oxygens (including phenoxy) is 1. The van der Waals surface area contributed by atoms with Crippen molar-refractivity contribution in [2.45, 2.75) is 56.7 Å². The smallest absolute Gasteiger partial charge is 0.411 e.